The van der Waals surface area contributed by atoms with Gasteiger partial charge in [-0.05, 0) is 44.2 Å². The highest BCUT2D eigenvalue weighted by Crippen LogP contribution is 2.22. The van der Waals surface area contributed by atoms with Crippen LogP contribution in [0.1, 0.15) is 25.5 Å². The predicted octanol–water partition coefficient (Wildman–Crippen LogP) is 3.27. The summed E-state index contributed by atoms with van der Waals surface area (Å²) in [6.07, 6.45) is 3.44. The van der Waals surface area contributed by atoms with E-state index in [2.05, 4.69) is 48.3 Å². The Morgan fingerprint density at radius 1 is 1.25 bits per heavy atom. The summed E-state index contributed by atoms with van der Waals surface area (Å²) in [5, 5.41) is 12.5. The fraction of sp³-hybridized carbons (Fsp3) is 0.375. The molecule has 2 aromatic rings. The SMILES string of the molecule is CCN(CCO)c1ccc(NC(C)c2ccoc2)cc1. The normalized spacial score (nSPS) is 12.2. The number of aliphatic hydroxyl groups excluding tert-OH is 1. The zero-order valence-corrected chi connectivity index (χ0v) is 12.0. The molecule has 4 heteroatoms. The zero-order chi connectivity index (χ0) is 14.4. The fourth-order valence-electron chi connectivity index (χ4n) is 2.21. The molecule has 0 spiro atoms. The third-order valence-corrected chi connectivity index (χ3v) is 3.41. The molecule has 0 saturated heterocycles. The Hall–Kier alpha value is -1.94. The second kappa shape index (κ2) is 7.01. The topological polar surface area (TPSA) is 48.6 Å². The summed E-state index contributed by atoms with van der Waals surface area (Å²) < 4.78 is 5.10. The van der Waals surface area contributed by atoms with Gasteiger partial charge in [0, 0.05) is 30.0 Å². The van der Waals surface area contributed by atoms with Crippen molar-refractivity contribution in [2.75, 3.05) is 29.9 Å². The molecule has 2 N–H and O–H groups in total. The van der Waals surface area contributed by atoms with Gasteiger partial charge >= 0.3 is 0 Å². The lowest BCUT2D eigenvalue weighted by molar-refractivity contribution is 0.302. The molecule has 0 aliphatic carbocycles. The molecule has 0 saturated carbocycles. The van der Waals surface area contributed by atoms with E-state index in [0.717, 1.165) is 23.5 Å². The number of nitrogens with zero attached hydrogens (tertiary/aromatic N) is 1. The Kier molecular flexibility index (Phi) is 5.07. The second-order valence-corrected chi connectivity index (χ2v) is 4.77. The van der Waals surface area contributed by atoms with Crippen molar-refractivity contribution in [3.8, 4) is 0 Å². The minimum atomic E-state index is 0.172. The number of furan rings is 1. The number of nitrogens with one attached hydrogen (secondary N) is 1. The first-order valence-corrected chi connectivity index (χ1v) is 6.99. The van der Waals surface area contributed by atoms with E-state index in [4.69, 9.17) is 9.52 Å². The average Bonchev–Trinajstić information content (AvgIpc) is 3.00. The van der Waals surface area contributed by atoms with Gasteiger partial charge in [-0.2, -0.15) is 0 Å². The van der Waals surface area contributed by atoms with Crippen LogP contribution in [0.3, 0.4) is 0 Å². The summed E-state index contributed by atoms with van der Waals surface area (Å²) in [7, 11) is 0. The van der Waals surface area contributed by atoms with Crippen LogP contribution in [0.5, 0.6) is 0 Å². The van der Waals surface area contributed by atoms with Gasteiger partial charge in [-0.1, -0.05) is 0 Å². The average molecular weight is 274 g/mol. The predicted molar refractivity (Wildman–Crippen MR) is 82.2 cm³/mol. The van der Waals surface area contributed by atoms with E-state index in [0.29, 0.717) is 6.54 Å². The molecule has 0 aliphatic rings. The van der Waals surface area contributed by atoms with E-state index >= 15 is 0 Å². The second-order valence-electron chi connectivity index (χ2n) is 4.77. The lowest BCUT2D eigenvalue weighted by Gasteiger charge is -2.22. The van der Waals surface area contributed by atoms with E-state index < -0.39 is 0 Å². The first-order chi connectivity index (χ1) is 9.74. The van der Waals surface area contributed by atoms with Crippen LogP contribution in [-0.4, -0.2) is 24.8 Å². The Bertz CT molecular complexity index is 494. The van der Waals surface area contributed by atoms with Crippen LogP contribution in [0, 0.1) is 0 Å². The molecule has 0 bridgehead atoms. The number of benzene rings is 1. The summed E-state index contributed by atoms with van der Waals surface area (Å²) in [4.78, 5) is 2.14. The molecule has 1 aromatic carbocycles. The van der Waals surface area contributed by atoms with Gasteiger partial charge < -0.3 is 19.7 Å². The van der Waals surface area contributed by atoms with Crippen molar-refractivity contribution in [2.45, 2.75) is 19.9 Å². The lowest BCUT2D eigenvalue weighted by Crippen LogP contribution is -2.25. The van der Waals surface area contributed by atoms with Crippen LogP contribution >= 0.6 is 0 Å². The van der Waals surface area contributed by atoms with E-state index in [1.165, 1.54) is 0 Å². The zero-order valence-electron chi connectivity index (χ0n) is 12.0. The third kappa shape index (κ3) is 3.54. The molecule has 2 rings (SSSR count). The minimum absolute atomic E-state index is 0.172. The third-order valence-electron chi connectivity index (χ3n) is 3.41. The van der Waals surface area contributed by atoms with Gasteiger partial charge in [-0.3, -0.25) is 0 Å². The molecule has 1 heterocycles. The smallest absolute Gasteiger partial charge is 0.0955 e. The van der Waals surface area contributed by atoms with Gasteiger partial charge in [0.2, 0.25) is 0 Å². The molecule has 1 aromatic heterocycles. The van der Waals surface area contributed by atoms with E-state index in [1.807, 2.05) is 6.07 Å². The number of rotatable bonds is 7. The van der Waals surface area contributed by atoms with Gasteiger partial charge in [-0.15, -0.1) is 0 Å². The Labute approximate surface area is 120 Å². The highest BCUT2D eigenvalue weighted by molar-refractivity contribution is 5.55. The molecule has 20 heavy (non-hydrogen) atoms. The van der Waals surface area contributed by atoms with Crippen molar-refractivity contribution in [3.63, 3.8) is 0 Å². The first kappa shape index (κ1) is 14.5. The summed E-state index contributed by atoms with van der Waals surface area (Å²) in [6.45, 7) is 5.91. The molecule has 1 unspecified atom stereocenters. The highest BCUT2D eigenvalue weighted by atomic mass is 16.3. The van der Waals surface area contributed by atoms with Crippen LogP contribution in [0.4, 0.5) is 11.4 Å². The van der Waals surface area contributed by atoms with E-state index in [-0.39, 0.29) is 12.6 Å². The molecule has 0 fully saturated rings. The maximum absolute atomic E-state index is 9.05. The molecule has 108 valence electrons. The van der Waals surface area contributed by atoms with Crippen LogP contribution < -0.4 is 10.2 Å². The van der Waals surface area contributed by atoms with Crippen molar-refractivity contribution in [3.05, 3.63) is 48.4 Å². The maximum Gasteiger partial charge on any atom is 0.0955 e. The first-order valence-electron chi connectivity index (χ1n) is 6.99. The molecule has 0 aliphatic heterocycles. The van der Waals surface area contributed by atoms with Crippen LogP contribution in [0.2, 0.25) is 0 Å². The number of hydrogen-bond acceptors (Lipinski definition) is 4. The van der Waals surface area contributed by atoms with Crippen LogP contribution in [-0.2, 0) is 0 Å². The van der Waals surface area contributed by atoms with Crippen molar-refractivity contribution < 1.29 is 9.52 Å². The van der Waals surface area contributed by atoms with Crippen molar-refractivity contribution in [1.29, 1.82) is 0 Å². The summed E-state index contributed by atoms with van der Waals surface area (Å²) in [5.74, 6) is 0. The number of likely N-dealkylation sites (N-methyl/N-ethyl adjacent to an activating group) is 1. The van der Waals surface area contributed by atoms with E-state index in [1.54, 1.807) is 12.5 Å². The molecule has 0 radical (unpaired) electrons. The largest absolute Gasteiger partial charge is 0.472 e. The minimum Gasteiger partial charge on any atom is -0.472 e. The molecule has 1 atom stereocenters. The molecular formula is C16H22N2O2. The standard InChI is InChI=1S/C16H22N2O2/c1-3-18(9-10-19)16-6-4-15(5-7-16)17-13(2)14-8-11-20-12-14/h4-8,11-13,17,19H,3,9-10H2,1-2H3. The fourth-order valence-corrected chi connectivity index (χ4v) is 2.21. The monoisotopic (exact) mass is 274 g/mol. The Morgan fingerprint density at radius 3 is 2.55 bits per heavy atom. The van der Waals surface area contributed by atoms with E-state index in [9.17, 15) is 0 Å². The van der Waals surface area contributed by atoms with Crippen LogP contribution in [0.25, 0.3) is 0 Å². The van der Waals surface area contributed by atoms with Crippen molar-refractivity contribution in [1.82, 2.24) is 0 Å². The molecular weight excluding hydrogens is 252 g/mol. The van der Waals surface area contributed by atoms with Gasteiger partial charge in [0.15, 0.2) is 0 Å². The van der Waals surface area contributed by atoms with Crippen molar-refractivity contribution in [2.24, 2.45) is 0 Å². The Balaban J connectivity index is 2.01. The number of anilines is 2. The summed E-state index contributed by atoms with van der Waals surface area (Å²) in [6, 6.07) is 10.4. The van der Waals surface area contributed by atoms with Gasteiger partial charge in [0.05, 0.1) is 25.2 Å². The van der Waals surface area contributed by atoms with Gasteiger partial charge in [-0.25, -0.2) is 0 Å². The highest BCUT2D eigenvalue weighted by Gasteiger charge is 2.07. The molecule has 4 nitrogen and oxygen atoms in total. The number of aliphatic hydroxyl groups is 1. The summed E-state index contributed by atoms with van der Waals surface area (Å²) in [5.41, 5.74) is 3.33. The Morgan fingerprint density at radius 2 is 2.00 bits per heavy atom. The number of hydrogen-bond donors (Lipinski definition) is 2. The van der Waals surface area contributed by atoms with Gasteiger partial charge in [0.25, 0.3) is 0 Å². The van der Waals surface area contributed by atoms with Crippen LogP contribution in [0.15, 0.2) is 47.3 Å². The van der Waals surface area contributed by atoms with Gasteiger partial charge in [0.1, 0.15) is 0 Å². The van der Waals surface area contributed by atoms with Crippen molar-refractivity contribution >= 4 is 11.4 Å². The molecule has 0 amide bonds. The lowest BCUT2D eigenvalue weighted by atomic mass is 10.1. The summed E-state index contributed by atoms with van der Waals surface area (Å²) >= 11 is 0. The maximum atomic E-state index is 9.05. The quantitative estimate of drug-likeness (QED) is 0.813.